The number of nitrogens with one attached hydrogen (secondary N) is 1. The zero-order chi connectivity index (χ0) is 9.42. The monoisotopic (exact) mass is 196 g/mol. The van der Waals surface area contributed by atoms with Crippen LogP contribution in [0.2, 0.25) is 5.02 Å². The first-order chi connectivity index (χ1) is 6.20. The van der Waals surface area contributed by atoms with Crippen LogP contribution in [0.5, 0.6) is 0 Å². The topological polar surface area (TPSA) is 66.0 Å². The predicted octanol–water partition coefficient (Wildman–Crippen LogP) is 1.91. The fourth-order valence-corrected chi connectivity index (χ4v) is 1.47. The largest absolute Gasteiger partial charge is 0.478 e. The van der Waals surface area contributed by atoms with Crippen LogP contribution in [0.25, 0.3) is 10.9 Å². The summed E-state index contributed by atoms with van der Waals surface area (Å²) in [5, 5.41) is 9.64. The highest BCUT2D eigenvalue weighted by atomic mass is 35.5. The molecular formula is C8H5ClN2O2. The summed E-state index contributed by atoms with van der Waals surface area (Å²) in [5.74, 6) is -1.00. The Kier molecular flexibility index (Phi) is 1.70. The molecule has 0 saturated heterocycles. The molecule has 0 saturated carbocycles. The standard InChI is InChI=1S/C8H5ClN2O2/c9-5-2-10-3-6-7(5)4(1-11-6)8(12)13/h1-3,11H,(H,12,13). The Balaban J connectivity index is 2.86. The smallest absolute Gasteiger partial charge is 0.337 e. The summed E-state index contributed by atoms with van der Waals surface area (Å²) in [6, 6.07) is 0. The third kappa shape index (κ3) is 1.15. The summed E-state index contributed by atoms with van der Waals surface area (Å²) in [6.45, 7) is 0. The number of aromatic carboxylic acids is 1. The van der Waals surface area contributed by atoms with Crippen LogP contribution in [-0.2, 0) is 0 Å². The first-order valence-corrected chi connectivity index (χ1v) is 3.92. The van der Waals surface area contributed by atoms with Crippen molar-refractivity contribution in [3.05, 3.63) is 29.2 Å². The molecule has 0 atom stereocenters. The van der Waals surface area contributed by atoms with Crippen molar-refractivity contribution in [3.63, 3.8) is 0 Å². The normalized spacial score (nSPS) is 10.5. The van der Waals surface area contributed by atoms with E-state index in [1.54, 1.807) is 0 Å². The number of carboxylic acids is 1. The maximum Gasteiger partial charge on any atom is 0.337 e. The molecule has 0 fully saturated rings. The molecule has 0 amide bonds. The number of nitrogens with zero attached hydrogens (tertiary/aromatic N) is 1. The second-order valence-corrected chi connectivity index (χ2v) is 2.96. The van der Waals surface area contributed by atoms with Crippen molar-refractivity contribution in [2.75, 3.05) is 0 Å². The molecule has 66 valence electrons. The third-order valence-electron chi connectivity index (χ3n) is 1.77. The zero-order valence-electron chi connectivity index (χ0n) is 6.41. The Morgan fingerprint density at radius 2 is 2.31 bits per heavy atom. The molecule has 0 aromatic carbocycles. The van der Waals surface area contributed by atoms with E-state index in [1.165, 1.54) is 18.6 Å². The number of halogens is 1. The van der Waals surface area contributed by atoms with E-state index in [1.807, 2.05) is 0 Å². The molecule has 2 aromatic rings. The van der Waals surface area contributed by atoms with Gasteiger partial charge >= 0.3 is 5.97 Å². The summed E-state index contributed by atoms with van der Waals surface area (Å²) in [4.78, 5) is 17.3. The lowest BCUT2D eigenvalue weighted by Gasteiger charge is -1.93. The number of rotatable bonds is 1. The minimum absolute atomic E-state index is 0.169. The average Bonchev–Trinajstić information content (AvgIpc) is 2.49. The van der Waals surface area contributed by atoms with Gasteiger partial charge in [0.1, 0.15) is 0 Å². The summed E-state index contributed by atoms with van der Waals surface area (Å²) in [7, 11) is 0. The Morgan fingerprint density at radius 1 is 1.54 bits per heavy atom. The van der Waals surface area contributed by atoms with Crippen molar-refractivity contribution < 1.29 is 9.90 Å². The number of carbonyl (C=O) groups is 1. The van der Waals surface area contributed by atoms with E-state index in [-0.39, 0.29) is 5.56 Å². The SMILES string of the molecule is O=C(O)c1c[nH]c2cncc(Cl)c12. The van der Waals surface area contributed by atoms with Crippen molar-refractivity contribution in [3.8, 4) is 0 Å². The van der Waals surface area contributed by atoms with Crippen molar-refractivity contribution in [1.82, 2.24) is 9.97 Å². The fourth-order valence-electron chi connectivity index (χ4n) is 1.21. The van der Waals surface area contributed by atoms with Gasteiger partial charge in [0.15, 0.2) is 0 Å². The van der Waals surface area contributed by atoms with Gasteiger partial charge < -0.3 is 10.1 Å². The highest BCUT2D eigenvalue weighted by Crippen LogP contribution is 2.24. The Labute approximate surface area is 78.2 Å². The van der Waals surface area contributed by atoms with E-state index >= 15 is 0 Å². The van der Waals surface area contributed by atoms with Crippen LogP contribution >= 0.6 is 11.6 Å². The molecule has 0 aliphatic rings. The number of carboxylic acid groups (broad SMARTS) is 1. The molecule has 4 nitrogen and oxygen atoms in total. The van der Waals surface area contributed by atoms with E-state index in [2.05, 4.69) is 9.97 Å². The minimum Gasteiger partial charge on any atom is -0.478 e. The molecule has 0 spiro atoms. The fraction of sp³-hybridized carbons (Fsp3) is 0. The van der Waals surface area contributed by atoms with E-state index in [0.717, 1.165) is 0 Å². The van der Waals surface area contributed by atoms with Crippen LogP contribution in [0.3, 0.4) is 0 Å². The van der Waals surface area contributed by atoms with E-state index in [9.17, 15) is 4.79 Å². The molecule has 0 bridgehead atoms. The van der Waals surface area contributed by atoms with Gasteiger partial charge in [-0.3, -0.25) is 4.98 Å². The van der Waals surface area contributed by atoms with Gasteiger partial charge in [-0.2, -0.15) is 0 Å². The number of H-pyrrole nitrogens is 1. The minimum atomic E-state index is -1.00. The molecule has 0 unspecified atom stereocenters. The maximum absolute atomic E-state index is 10.7. The molecular weight excluding hydrogens is 192 g/mol. The van der Waals surface area contributed by atoms with Crippen molar-refractivity contribution >= 4 is 28.5 Å². The summed E-state index contributed by atoms with van der Waals surface area (Å²) in [6.07, 6.45) is 4.36. The van der Waals surface area contributed by atoms with Gasteiger partial charge in [0.25, 0.3) is 0 Å². The summed E-state index contributed by atoms with van der Waals surface area (Å²) >= 11 is 5.80. The second-order valence-electron chi connectivity index (χ2n) is 2.55. The van der Waals surface area contributed by atoms with Crippen molar-refractivity contribution in [1.29, 1.82) is 0 Å². The number of fused-ring (bicyclic) bond motifs is 1. The highest BCUT2D eigenvalue weighted by molar-refractivity contribution is 6.36. The predicted molar refractivity (Wildman–Crippen MR) is 48.1 cm³/mol. The zero-order valence-corrected chi connectivity index (χ0v) is 7.17. The Hall–Kier alpha value is -1.55. The number of hydrogen-bond acceptors (Lipinski definition) is 2. The Morgan fingerprint density at radius 3 is 3.00 bits per heavy atom. The third-order valence-corrected chi connectivity index (χ3v) is 2.06. The first kappa shape index (κ1) is 8.07. The second kappa shape index (κ2) is 2.74. The molecule has 0 radical (unpaired) electrons. The van der Waals surface area contributed by atoms with Crippen LogP contribution in [0.4, 0.5) is 0 Å². The average molecular weight is 197 g/mol. The molecule has 0 aliphatic carbocycles. The number of pyridine rings is 1. The van der Waals surface area contributed by atoms with Gasteiger partial charge in [-0.1, -0.05) is 11.6 Å². The lowest BCUT2D eigenvalue weighted by molar-refractivity contribution is 0.0699. The quantitative estimate of drug-likeness (QED) is 0.732. The molecule has 5 heteroatoms. The van der Waals surface area contributed by atoms with Crippen LogP contribution in [-0.4, -0.2) is 21.0 Å². The first-order valence-electron chi connectivity index (χ1n) is 3.54. The van der Waals surface area contributed by atoms with Gasteiger partial charge in [0, 0.05) is 17.8 Å². The van der Waals surface area contributed by atoms with Gasteiger partial charge in [0.05, 0.1) is 22.3 Å². The van der Waals surface area contributed by atoms with E-state index in [0.29, 0.717) is 15.9 Å². The van der Waals surface area contributed by atoms with Gasteiger partial charge in [-0.05, 0) is 0 Å². The van der Waals surface area contributed by atoms with Crippen LogP contribution in [0.15, 0.2) is 18.6 Å². The molecule has 0 aliphatic heterocycles. The van der Waals surface area contributed by atoms with Gasteiger partial charge in [-0.25, -0.2) is 4.79 Å². The molecule has 13 heavy (non-hydrogen) atoms. The summed E-state index contributed by atoms with van der Waals surface area (Å²) in [5.41, 5.74) is 0.798. The van der Waals surface area contributed by atoms with E-state index in [4.69, 9.17) is 16.7 Å². The number of aromatic nitrogens is 2. The van der Waals surface area contributed by atoms with E-state index < -0.39 is 5.97 Å². The van der Waals surface area contributed by atoms with Crippen molar-refractivity contribution in [2.45, 2.75) is 0 Å². The van der Waals surface area contributed by atoms with Gasteiger partial charge in [-0.15, -0.1) is 0 Å². The van der Waals surface area contributed by atoms with Crippen LogP contribution in [0, 0.1) is 0 Å². The summed E-state index contributed by atoms with van der Waals surface area (Å²) < 4.78 is 0. The van der Waals surface area contributed by atoms with Gasteiger partial charge in [0.2, 0.25) is 0 Å². The van der Waals surface area contributed by atoms with Crippen LogP contribution in [0.1, 0.15) is 10.4 Å². The lowest BCUT2D eigenvalue weighted by Crippen LogP contribution is -1.93. The number of aromatic amines is 1. The Bertz CT molecular complexity index is 478. The molecule has 2 aromatic heterocycles. The highest BCUT2D eigenvalue weighted by Gasteiger charge is 2.12. The molecule has 2 N–H and O–H groups in total. The number of hydrogen-bond donors (Lipinski definition) is 2. The van der Waals surface area contributed by atoms with Crippen LogP contribution < -0.4 is 0 Å². The lowest BCUT2D eigenvalue weighted by atomic mass is 10.2. The molecule has 2 heterocycles. The molecule has 2 rings (SSSR count). The maximum atomic E-state index is 10.7. The van der Waals surface area contributed by atoms with Crippen molar-refractivity contribution in [2.24, 2.45) is 0 Å².